The summed E-state index contributed by atoms with van der Waals surface area (Å²) in [6.45, 7) is 4.56. The quantitative estimate of drug-likeness (QED) is 0.377. The lowest BCUT2D eigenvalue weighted by atomic mass is 9.97. The molecule has 0 aromatic rings. The van der Waals surface area contributed by atoms with Crippen LogP contribution in [0, 0.1) is 5.92 Å². The molecule has 1 heterocycles. The third kappa shape index (κ3) is 2.66. The minimum Gasteiger partial charge on any atom is -0.461 e. The normalized spacial score (nSPS) is 22.5. The maximum Gasteiger partial charge on any atom is 0.316 e. The molecule has 4 heteroatoms. The summed E-state index contributed by atoms with van der Waals surface area (Å²) in [5, 5.41) is 2.90. The molecule has 1 aliphatic rings. The van der Waals surface area contributed by atoms with Gasteiger partial charge in [-0.1, -0.05) is 12.7 Å². The molecule has 0 aromatic carbocycles. The molecule has 1 atom stereocenters. The minimum absolute atomic E-state index is 0.0830. The van der Waals surface area contributed by atoms with Crippen molar-refractivity contribution in [2.24, 2.45) is 5.92 Å². The van der Waals surface area contributed by atoms with E-state index in [0.717, 1.165) is 0 Å². The number of hydrogen-bond donors (Lipinski definition) is 1. The van der Waals surface area contributed by atoms with Gasteiger partial charge in [-0.25, -0.2) is 0 Å². The Labute approximate surface area is 76.9 Å². The first-order chi connectivity index (χ1) is 6.25. The first-order valence-electron chi connectivity index (χ1n) is 4.26. The molecule has 0 spiro atoms. The van der Waals surface area contributed by atoms with Crippen molar-refractivity contribution in [3.63, 3.8) is 0 Å². The topological polar surface area (TPSA) is 55.4 Å². The monoisotopic (exact) mass is 183 g/mol. The molecule has 0 aliphatic carbocycles. The average molecular weight is 183 g/mol. The van der Waals surface area contributed by atoms with Crippen LogP contribution in [0.1, 0.15) is 6.42 Å². The van der Waals surface area contributed by atoms with E-state index in [-0.39, 0.29) is 18.9 Å². The van der Waals surface area contributed by atoms with Crippen LogP contribution in [0.4, 0.5) is 0 Å². The fourth-order valence-electron chi connectivity index (χ4n) is 1.23. The number of ether oxygens (including phenoxy) is 1. The number of Topliss-reactive ketones (excluding diaryl/α,β-unsaturated/α-hetero) is 1. The molecule has 1 unspecified atom stereocenters. The highest BCUT2D eigenvalue weighted by Gasteiger charge is 2.29. The summed E-state index contributed by atoms with van der Waals surface area (Å²) >= 11 is 0. The van der Waals surface area contributed by atoms with E-state index in [1.165, 1.54) is 6.08 Å². The fraction of sp³-hybridized carbons (Fsp3) is 0.556. The Morgan fingerprint density at radius 1 is 1.77 bits per heavy atom. The molecule has 0 saturated carbocycles. The second kappa shape index (κ2) is 4.77. The van der Waals surface area contributed by atoms with Crippen molar-refractivity contribution in [3.8, 4) is 0 Å². The predicted molar refractivity (Wildman–Crippen MR) is 47.1 cm³/mol. The summed E-state index contributed by atoms with van der Waals surface area (Å²) in [6.07, 6.45) is 2.03. The fourth-order valence-corrected chi connectivity index (χ4v) is 1.23. The van der Waals surface area contributed by atoms with Crippen LogP contribution < -0.4 is 5.32 Å². The highest BCUT2D eigenvalue weighted by atomic mass is 16.5. The number of hydrogen-bond acceptors (Lipinski definition) is 4. The van der Waals surface area contributed by atoms with Gasteiger partial charge in [-0.15, -0.1) is 0 Å². The number of esters is 1. The van der Waals surface area contributed by atoms with E-state index in [9.17, 15) is 9.59 Å². The summed E-state index contributed by atoms with van der Waals surface area (Å²) in [5.74, 6) is -1.08. The lowest BCUT2D eigenvalue weighted by Gasteiger charge is -2.19. The standard InChI is InChI=1S/C9H13NO3/c1-2-5-13-9(12)7-3-4-10-6-8(7)11/h2,7,10H,1,3-6H2. The molecular weight excluding hydrogens is 170 g/mol. The number of nitrogens with one attached hydrogen (secondary N) is 1. The molecule has 13 heavy (non-hydrogen) atoms. The summed E-state index contributed by atoms with van der Waals surface area (Å²) in [6, 6.07) is 0. The highest BCUT2D eigenvalue weighted by Crippen LogP contribution is 2.09. The van der Waals surface area contributed by atoms with Crippen molar-refractivity contribution < 1.29 is 14.3 Å². The summed E-state index contributed by atoms with van der Waals surface area (Å²) in [5.41, 5.74) is 0. The van der Waals surface area contributed by atoms with Gasteiger partial charge in [0.25, 0.3) is 0 Å². The zero-order chi connectivity index (χ0) is 9.68. The molecular formula is C9H13NO3. The third-order valence-electron chi connectivity index (χ3n) is 1.93. The van der Waals surface area contributed by atoms with Crippen molar-refractivity contribution in [1.29, 1.82) is 0 Å². The molecule has 1 fully saturated rings. The zero-order valence-corrected chi connectivity index (χ0v) is 7.41. The lowest BCUT2D eigenvalue weighted by Crippen LogP contribution is -2.41. The molecule has 0 radical (unpaired) electrons. The molecule has 1 rings (SSSR count). The van der Waals surface area contributed by atoms with Crippen LogP contribution in [0.5, 0.6) is 0 Å². The Bertz CT molecular complexity index is 225. The Morgan fingerprint density at radius 3 is 3.15 bits per heavy atom. The SMILES string of the molecule is C=CCOC(=O)C1CCNCC1=O. The molecule has 0 bridgehead atoms. The van der Waals surface area contributed by atoms with E-state index in [1.807, 2.05) is 0 Å². The van der Waals surface area contributed by atoms with Crippen LogP contribution in [0.15, 0.2) is 12.7 Å². The molecule has 0 amide bonds. The minimum atomic E-state index is -0.568. The van der Waals surface area contributed by atoms with Gasteiger partial charge in [-0.05, 0) is 13.0 Å². The Morgan fingerprint density at radius 2 is 2.54 bits per heavy atom. The van der Waals surface area contributed by atoms with Crippen molar-refractivity contribution in [2.45, 2.75) is 6.42 Å². The number of piperidine rings is 1. The van der Waals surface area contributed by atoms with Crippen LogP contribution in [-0.2, 0) is 14.3 Å². The van der Waals surface area contributed by atoms with Crippen LogP contribution >= 0.6 is 0 Å². The summed E-state index contributed by atoms with van der Waals surface area (Å²) in [7, 11) is 0. The Kier molecular flexibility index (Phi) is 3.64. The van der Waals surface area contributed by atoms with Crippen LogP contribution in [-0.4, -0.2) is 31.4 Å². The van der Waals surface area contributed by atoms with Gasteiger partial charge in [0.05, 0.1) is 6.54 Å². The van der Waals surface area contributed by atoms with Gasteiger partial charge in [0.15, 0.2) is 5.78 Å². The summed E-state index contributed by atoms with van der Waals surface area (Å²) in [4.78, 5) is 22.5. The summed E-state index contributed by atoms with van der Waals surface area (Å²) < 4.78 is 4.80. The van der Waals surface area contributed by atoms with Crippen molar-refractivity contribution in [2.75, 3.05) is 19.7 Å². The van der Waals surface area contributed by atoms with Crippen LogP contribution in [0.2, 0.25) is 0 Å². The second-order valence-electron chi connectivity index (χ2n) is 2.90. The Hall–Kier alpha value is -1.16. The molecule has 4 nitrogen and oxygen atoms in total. The van der Waals surface area contributed by atoms with Crippen LogP contribution in [0.25, 0.3) is 0 Å². The molecule has 0 aromatic heterocycles. The van der Waals surface area contributed by atoms with E-state index in [2.05, 4.69) is 11.9 Å². The third-order valence-corrected chi connectivity index (χ3v) is 1.93. The van der Waals surface area contributed by atoms with Gasteiger partial charge in [0, 0.05) is 0 Å². The smallest absolute Gasteiger partial charge is 0.316 e. The molecule has 1 saturated heterocycles. The van der Waals surface area contributed by atoms with Gasteiger partial charge >= 0.3 is 5.97 Å². The predicted octanol–water partition coefficient (Wildman–Crippen LogP) is -0.106. The van der Waals surface area contributed by atoms with Gasteiger partial charge in [-0.2, -0.15) is 0 Å². The maximum absolute atomic E-state index is 11.2. The van der Waals surface area contributed by atoms with Crippen molar-refractivity contribution in [3.05, 3.63) is 12.7 Å². The molecule has 1 N–H and O–H groups in total. The van der Waals surface area contributed by atoms with E-state index in [0.29, 0.717) is 13.0 Å². The highest BCUT2D eigenvalue weighted by molar-refractivity contribution is 6.00. The van der Waals surface area contributed by atoms with Gasteiger partial charge in [-0.3, -0.25) is 9.59 Å². The van der Waals surface area contributed by atoms with Gasteiger partial charge in [0.1, 0.15) is 12.5 Å². The number of ketones is 1. The maximum atomic E-state index is 11.2. The Balaban J connectivity index is 2.43. The second-order valence-corrected chi connectivity index (χ2v) is 2.90. The molecule has 72 valence electrons. The molecule has 1 aliphatic heterocycles. The van der Waals surface area contributed by atoms with E-state index in [4.69, 9.17) is 4.74 Å². The number of carbonyl (C=O) groups is 2. The van der Waals surface area contributed by atoms with Gasteiger partial charge in [0.2, 0.25) is 0 Å². The van der Waals surface area contributed by atoms with Crippen LogP contribution in [0.3, 0.4) is 0 Å². The zero-order valence-electron chi connectivity index (χ0n) is 7.41. The van der Waals surface area contributed by atoms with Gasteiger partial charge < -0.3 is 10.1 Å². The van der Waals surface area contributed by atoms with E-state index < -0.39 is 11.9 Å². The number of rotatable bonds is 3. The average Bonchev–Trinajstić information content (AvgIpc) is 2.15. The first kappa shape index (κ1) is 9.92. The lowest BCUT2D eigenvalue weighted by molar-refractivity contribution is -0.151. The van der Waals surface area contributed by atoms with Crippen molar-refractivity contribution in [1.82, 2.24) is 5.32 Å². The number of carbonyl (C=O) groups excluding carboxylic acids is 2. The van der Waals surface area contributed by atoms with E-state index in [1.54, 1.807) is 0 Å². The van der Waals surface area contributed by atoms with Crippen molar-refractivity contribution >= 4 is 11.8 Å². The largest absolute Gasteiger partial charge is 0.461 e. The first-order valence-corrected chi connectivity index (χ1v) is 4.26. The van der Waals surface area contributed by atoms with E-state index >= 15 is 0 Å².